The fourth-order valence-corrected chi connectivity index (χ4v) is 11.2. The van der Waals surface area contributed by atoms with E-state index in [1.807, 2.05) is 0 Å². The third kappa shape index (κ3) is 3.30. The Bertz CT molecular complexity index is 3960. The molecule has 0 amide bonds. The Morgan fingerprint density at radius 2 is 0.603 bits per heavy atom. The number of nitrogens with zero attached hydrogens (tertiary/aromatic N) is 4. The van der Waals surface area contributed by atoms with Crippen LogP contribution in [0.5, 0.6) is 0 Å². The topological polar surface area (TPSA) is 18.7 Å². The van der Waals surface area contributed by atoms with Gasteiger partial charge in [-0.25, -0.2) is 0 Å². The van der Waals surface area contributed by atoms with Crippen molar-refractivity contribution in [1.82, 2.24) is 17.9 Å². The van der Waals surface area contributed by atoms with E-state index >= 15 is 0 Å². The van der Waals surface area contributed by atoms with Crippen molar-refractivity contribution in [2.75, 3.05) is 0 Å². The number of fused-ring (bicyclic) bond motifs is 20. The summed E-state index contributed by atoms with van der Waals surface area (Å²) in [5, 5.41) is 15.5. The summed E-state index contributed by atoms with van der Waals surface area (Å²) in [7, 11) is 0. The minimum absolute atomic E-state index is 1.17. The van der Waals surface area contributed by atoms with Gasteiger partial charge in [0.25, 0.3) is 0 Å². The molecule has 0 radical (unpaired) electrons. The van der Waals surface area contributed by atoms with E-state index in [4.69, 9.17) is 0 Å². The molecule has 0 atom stereocenters. The zero-order chi connectivity index (χ0) is 37.4. The maximum Gasteiger partial charge on any atom is 0.0628 e. The molecular weight excluding hydrogens is 705 g/mol. The monoisotopic (exact) mass is 734 g/mol. The largest absolute Gasteiger partial charge is 0.309 e. The standard InChI is InChI=1S/C54H30N4/c1-3-15-31(16-4-1)55-43-25-13-9-21-35(43)49-47(55)28-37-33-19-7-11-23-41(33)57-45-30-46-40(27-39(45)51(49)53(37)57)52-50-36-22-10-14-26-44(36)56(32-17-5-2-6-18-32)48(50)29-38-34-20-8-12-24-42(34)58(46)54(38)52/h1-30H. The van der Waals surface area contributed by atoms with Gasteiger partial charge in [-0.2, -0.15) is 0 Å². The summed E-state index contributed by atoms with van der Waals surface area (Å²) in [5.41, 5.74) is 14.8. The lowest BCUT2D eigenvalue weighted by atomic mass is 9.99. The Kier molecular flexibility index (Phi) is 5.14. The minimum atomic E-state index is 1.17. The van der Waals surface area contributed by atoms with Gasteiger partial charge < -0.3 is 17.9 Å². The lowest BCUT2D eigenvalue weighted by Crippen LogP contribution is -1.92. The van der Waals surface area contributed by atoms with Crippen LogP contribution in [0.15, 0.2) is 182 Å². The zero-order valence-corrected chi connectivity index (χ0v) is 31.1. The average molecular weight is 735 g/mol. The molecule has 4 nitrogen and oxygen atoms in total. The Morgan fingerprint density at radius 3 is 1.05 bits per heavy atom. The molecule has 0 aliphatic carbocycles. The van der Waals surface area contributed by atoms with Crippen LogP contribution in [0.4, 0.5) is 0 Å². The molecule has 9 aromatic carbocycles. The number of aromatic nitrogens is 4. The first-order valence-corrected chi connectivity index (χ1v) is 20.1. The second-order valence-electron chi connectivity index (χ2n) is 16.1. The molecule has 266 valence electrons. The summed E-state index contributed by atoms with van der Waals surface area (Å²) in [6, 6.07) is 67.6. The van der Waals surface area contributed by atoms with E-state index < -0.39 is 0 Å². The molecule has 15 aromatic rings. The molecule has 0 fully saturated rings. The van der Waals surface area contributed by atoms with Crippen molar-refractivity contribution in [3.8, 4) is 11.4 Å². The number of hydrogen-bond acceptors (Lipinski definition) is 0. The van der Waals surface area contributed by atoms with E-state index in [-0.39, 0.29) is 0 Å². The highest BCUT2D eigenvalue weighted by atomic mass is 15.0. The lowest BCUT2D eigenvalue weighted by molar-refractivity contribution is 1.18. The van der Waals surface area contributed by atoms with Gasteiger partial charge in [0.1, 0.15) is 0 Å². The van der Waals surface area contributed by atoms with E-state index in [2.05, 4.69) is 200 Å². The Balaban J connectivity index is 1.24. The van der Waals surface area contributed by atoms with Crippen LogP contribution in [0.2, 0.25) is 0 Å². The van der Waals surface area contributed by atoms with E-state index in [1.165, 1.54) is 131 Å². The maximum absolute atomic E-state index is 2.56. The van der Waals surface area contributed by atoms with Crippen molar-refractivity contribution in [2.24, 2.45) is 0 Å². The van der Waals surface area contributed by atoms with Gasteiger partial charge in [-0.05, 0) is 72.8 Å². The van der Waals surface area contributed by atoms with Crippen LogP contribution in [-0.2, 0) is 0 Å². The second kappa shape index (κ2) is 10.1. The van der Waals surface area contributed by atoms with Gasteiger partial charge >= 0.3 is 0 Å². The first kappa shape index (κ1) is 29.5. The predicted molar refractivity (Wildman–Crippen MR) is 244 cm³/mol. The number of para-hydroxylation sites is 6. The van der Waals surface area contributed by atoms with Crippen molar-refractivity contribution in [2.45, 2.75) is 0 Å². The van der Waals surface area contributed by atoms with E-state index in [0.29, 0.717) is 0 Å². The summed E-state index contributed by atoms with van der Waals surface area (Å²) < 4.78 is 10.1. The smallest absolute Gasteiger partial charge is 0.0628 e. The molecule has 6 heterocycles. The van der Waals surface area contributed by atoms with Gasteiger partial charge in [0.05, 0.1) is 55.2 Å². The van der Waals surface area contributed by atoms with Gasteiger partial charge in [0, 0.05) is 76.0 Å². The molecule has 6 aromatic heterocycles. The zero-order valence-electron chi connectivity index (χ0n) is 31.1. The fraction of sp³-hybridized carbons (Fsp3) is 0. The number of hydrogen-bond donors (Lipinski definition) is 0. The molecular formula is C54H30N4. The van der Waals surface area contributed by atoms with Crippen molar-refractivity contribution in [3.63, 3.8) is 0 Å². The first-order valence-electron chi connectivity index (χ1n) is 20.1. The highest BCUT2D eigenvalue weighted by Gasteiger charge is 2.28. The van der Waals surface area contributed by atoms with Crippen LogP contribution in [0.1, 0.15) is 0 Å². The third-order valence-electron chi connectivity index (χ3n) is 13.3. The molecule has 0 spiro atoms. The molecule has 0 aliphatic heterocycles. The molecule has 0 unspecified atom stereocenters. The average Bonchev–Trinajstić information content (AvgIpc) is 4.11. The SMILES string of the molecule is c1ccc(-n2c3ccccc3c3c4c5cc6c7c8c9ccccc9n(-c9ccccc9)c8cc8c9ccccc9n(c6cc5n5c6ccccc6c(cc32)c45)c87)cc1. The number of benzene rings is 9. The molecule has 0 N–H and O–H groups in total. The summed E-state index contributed by atoms with van der Waals surface area (Å²) in [4.78, 5) is 0. The molecule has 4 heteroatoms. The molecule has 0 bridgehead atoms. The highest BCUT2D eigenvalue weighted by molar-refractivity contribution is 6.40. The molecule has 0 saturated heterocycles. The van der Waals surface area contributed by atoms with Crippen molar-refractivity contribution < 1.29 is 0 Å². The normalized spacial score (nSPS) is 12.8. The van der Waals surface area contributed by atoms with E-state index in [0.717, 1.165) is 0 Å². The number of rotatable bonds is 2. The van der Waals surface area contributed by atoms with Crippen LogP contribution in [-0.4, -0.2) is 17.9 Å². The van der Waals surface area contributed by atoms with E-state index in [1.54, 1.807) is 0 Å². The van der Waals surface area contributed by atoms with Gasteiger partial charge in [0.2, 0.25) is 0 Å². The Hall–Kier alpha value is -7.82. The van der Waals surface area contributed by atoms with E-state index in [9.17, 15) is 0 Å². The summed E-state index contributed by atoms with van der Waals surface area (Å²) in [5.74, 6) is 0. The molecule has 15 rings (SSSR count). The first-order chi connectivity index (χ1) is 28.8. The summed E-state index contributed by atoms with van der Waals surface area (Å²) in [6.07, 6.45) is 0. The van der Waals surface area contributed by atoms with Crippen LogP contribution >= 0.6 is 0 Å². The third-order valence-corrected chi connectivity index (χ3v) is 13.3. The van der Waals surface area contributed by atoms with Gasteiger partial charge in [0.15, 0.2) is 0 Å². The van der Waals surface area contributed by atoms with Crippen molar-refractivity contribution >= 4 is 120 Å². The Labute approximate surface area is 329 Å². The van der Waals surface area contributed by atoms with Crippen LogP contribution in [0, 0.1) is 0 Å². The van der Waals surface area contributed by atoms with Gasteiger partial charge in [-0.15, -0.1) is 0 Å². The Morgan fingerprint density at radius 1 is 0.224 bits per heavy atom. The van der Waals surface area contributed by atoms with Crippen molar-refractivity contribution in [3.05, 3.63) is 182 Å². The van der Waals surface area contributed by atoms with Gasteiger partial charge in [-0.3, -0.25) is 0 Å². The highest BCUT2D eigenvalue weighted by Crippen LogP contribution is 2.51. The summed E-state index contributed by atoms with van der Waals surface area (Å²) in [6.45, 7) is 0. The van der Waals surface area contributed by atoms with Crippen molar-refractivity contribution in [1.29, 1.82) is 0 Å². The molecule has 0 aliphatic rings. The maximum atomic E-state index is 2.56. The van der Waals surface area contributed by atoms with Crippen LogP contribution in [0.25, 0.3) is 131 Å². The molecule has 58 heavy (non-hydrogen) atoms. The second-order valence-corrected chi connectivity index (χ2v) is 16.1. The predicted octanol–water partition coefficient (Wildman–Crippen LogP) is 14.2. The summed E-state index contributed by atoms with van der Waals surface area (Å²) >= 11 is 0. The van der Waals surface area contributed by atoms with Crippen LogP contribution < -0.4 is 0 Å². The lowest BCUT2D eigenvalue weighted by Gasteiger charge is -2.08. The molecule has 0 saturated carbocycles. The van der Waals surface area contributed by atoms with Gasteiger partial charge in [-0.1, -0.05) is 109 Å². The quantitative estimate of drug-likeness (QED) is 0.168. The fourth-order valence-electron chi connectivity index (χ4n) is 11.2. The minimum Gasteiger partial charge on any atom is -0.309 e. The van der Waals surface area contributed by atoms with Crippen LogP contribution in [0.3, 0.4) is 0 Å².